The van der Waals surface area contributed by atoms with E-state index < -0.39 is 0 Å². The van der Waals surface area contributed by atoms with E-state index in [0.717, 1.165) is 77.3 Å². The third-order valence-corrected chi connectivity index (χ3v) is 9.01. The van der Waals surface area contributed by atoms with Crippen LogP contribution in [0.5, 0.6) is 0 Å². The van der Waals surface area contributed by atoms with Gasteiger partial charge in [0.2, 0.25) is 11.8 Å². The van der Waals surface area contributed by atoms with E-state index in [0.29, 0.717) is 11.8 Å². The van der Waals surface area contributed by atoms with Gasteiger partial charge in [0, 0.05) is 43.8 Å². The lowest BCUT2D eigenvalue weighted by Gasteiger charge is -2.07. The third-order valence-electron chi connectivity index (χ3n) is 9.01. The summed E-state index contributed by atoms with van der Waals surface area (Å²) in [5.74, 6) is 0.920. The summed E-state index contributed by atoms with van der Waals surface area (Å²) in [6, 6.07) is 37.8. The summed E-state index contributed by atoms with van der Waals surface area (Å²) in [6.07, 6.45) is 0. The van der Waals surface area contributed by atoms with Crippen molar-refractivity contribution in [2.24, 2.45) is 0 Å². The summed E-state index contributed by atoms with van der Waals surface area (Å²) in [4.78, 5) is 0. The van der Waals surface area contributed by atoms with Crippen LogP contribution >= 0.6 is 0 Å². The second-order valence-electron chi connectivity index (χ2n) is 12.7. The number of hydrogen-bond donors (Lipinski definition) is 0. The fourth-order valence-corrected chi connectivity index (χ4v) is 6.80. The van der Waals surface area contributed by atoms with Crippen LogP contribution in [0.1, 0.15) is 22.3 Å². The van der Waals surface area contributed by atoms with E-state index in [-0.39, 0.29) is 0 Å². The summed E-state index contributed by atoms with van der Waals surface area (Å²) in [5, 5.41) is 13.4. The molecule has 5 nitrogen and oxygen atoms in total. The molecule has 9 rings (SSSR count). The summed E-state index contributed by atoms with van der Waals surface area (Å²) in [5.41, 5.74) is 14.1. The molecule has 47 heavy (non-hydrogen) atoms. The predicted octanol–water partition coefficient (Wildman–Crippen LogP) is 11.8. The molecule has 9 aromatic rings. The van der Waals surface area contributed by atoms with Gasteiger partial charge in [-0.25, -0.2) is 0 Å². The minimum absolute atomic E-state index is 0.460. The van der Waals surface area contributed by atoms with Crippen LogP contribution in [0.3, 0.4) is 0 Å². The van der Waals surface area contributed by atoms with Gasteiger partial charge in [-0.05, 0) is 123 Å². The van der Waals surface area contributed by atoms with Crippen molar-refractivity contribution in [1.82, 2.24) is 10.2 Å². The molecule has 5 heteroatoms. The quantitative estimate of drug-likeness (QED) is 0.198. The van der Waals surface area contributed by atoms with Crippen molar-refractivity contribution in [2.45, 2.75) is 27.7 Å². The monoisotopic (exact) mass is 610 g/mol. The lowest BCUT2D eigenvalue weighted by molar-refractivity contribution is 0.584. The maximum atomic E-state index is 6.40. The molecule has 0 radical (unpaired) electrons. The van der Waals surface area contributed by atoms with Crippen LogP contribution in [-0.2, 0) is 0 Å². The highest BCUT2D eigenvalue weighted by Gasteiger charge is 2.18. The standard InChI is InChI=1S/C42H30N2O3/c1-23-11-13-37-33(15-23)35-19-25(3)17-31(39(35)45-37)27-7-5-9-29(21-27)41-43-44-42(47-41)30-10-6-8-28(22-30)32-18-26(4)20-36-34-16-24(2)12-14-38(34)46-40(32)36/h5-22H,1-4H3. The Labute approximate surface area is 271 Å². The molecule has 6 aromatic carbocycles. The number of hydrogen-bond acceptors (Lipinski definition) is 5. The van der Waals surface area contributed by atoms with Crippen LogP contribution in [0.15, 0.2) is 122 Å². The van der Waals surface area contributed by atoms with Crippen LogP contribution in [0.2, 0.25) is 0 Å². The maximum Gasteiger partial charge on any atom is 0.248 e. The summed E-state index contributed by atoms with van der Waals surface area (Å²) in [7, 11) is 0. The molecule has 0 spiro atoms. The molecule has 0 amide bonds. The van der Waals surface area contributed by atoms with Gasteiger partial charge in [0.1, 0.15) is 22.3 Å². The van der Waals surface area contributed by atoms with Gasteiger partial charge in [0.05, 0.1) is 0 Å². The smallest absolute Gasteiger partial charge is 0.248 e. The normalized spacial score (nSPS) is 11.8. The summed E-state index contributed by atoms with van der Waals surface area (Å²) < 4.78 is 19.1. The van der Waals surface area contributed by atoms with Gasteiger partial charge in [-0.3, -0.25) is 0 Å². The highest BCUT2D eigenvalue weighted by atomic mass is 16.4. The zero-order valence-corrected chi connectivity index (χ0v) is 26.5. The molecule has 0 aliphatic carbocycles. The molecular weight excluding hydrogens is 580 g/mol. The van der Waals surface area contributed by atoms with Crippen LogP contribution in [0.25, 0.3) is 89.0 Å². The Kier molecular flexibility index (Phi) is 6.00. The first-order valence-corrected chi connectivity index (χ1v) is 15.8. The molecule has 0 N–H and O–H groups in total. The Hall–Kier alpha value is -5.94. The van der Waals surface area contributed by atoms with Crippen LogP contribution in [0, 0.1) is 27.7 Å². The number of fused-ring (bicyclic) bond motifs is 6. The van der Waals surface area contributed by atoms with Gasteiger partial charge in [0.15, 0.2) is 0 Å². The van der Waals surface area contributed by atoms with E-state index >= 15 is 0 Å². The topological polar surface area (TPSA) is 65.2 Å². The zero-order chi connectivity index (χ0) is 31.8. The van der Waals surface area contributed by atoms with E-state index in [1.54, 1.807) is 0 Å². The zero-order valence-electron chi connectivity index (χ0n) is 26.5. The molecule has 0 unspecified atom stereocenters. The second-order valence-corrected chi connectivity index (χ2v) is 12.7. The van der Waals surface area contributed by atoms with Crippen molar-refractivity contribution < 1.29 is 13.3 Å². The Bertz CT molecular complexity index is 2500. The van der Waals surface area contributed by atoms with Gasteiger partial charge in [-0.15, -0.1) is 10.2 Å². The Morgan fingerprint density at radius 3 is 1.28 bits per heavy atom. The molecule has 0 aliphatic heterocycles. The van der Waals surface area contributed by atoms with Crippen molar-refractivity contribution in [3.05, 3.63) is 131 Å². The molecule has 0 saturated heterocycles. The van der Waals surface area contributed by atoms with Gasteiger partial charge in [0.25, 0.3) is 0 Å². The second kappa shape index (κ2) is 10.3. The highest BCUT2D eigenvalue weighted by molar-refractivity contribution is 6.11. The predicted molar refractivity (Wildman–Crippen MR) is 190 cm³/mol. The molecule has 0 aliphatic rings. The fraction of sp³-hybridized carbons (Fsp3) is 0.0952. The van der Waals surface area contributed by atoms with E-state index in [1.807, 2.05) is 36.4 Å². The van der Waals surface area contributed by atoms with Gasteiger partial charge < -0.3 is 13.3 Å². The largest absolute Gasteiger partial charge is 0.455 e. The lowest BCUT2D eigenvalue weighted by Crippen LogP contribution is -1.84. The number of nitrogens with zero attached hydrogens (tertiary/aromatic N) is 2. The van der Waals surface area contributed by atoms with Crippen molar-refractivity contribution in [2.75, 3.05) is 0 Å². The van der Waals surface area contributed by atoms with E-state index in [9.17, 15) is 0 Å². The van der Waals surface area contributed by atoms with Gasteiger partial charge in [-0.2, -0.15) is 0 Å². The first-order valence-electron chi connectivity index (χ1n) is 15.8. The summed E-state index contributed by atoms with van der Waals surface area (Å²) in [6.45, 7) is 8.46. The van der Waals surface area contributed by atoms with E-state index in [1.165, 1.54) is 22.3 Å². The molecule has 0 fully saturated rings. The number of furan rings is 2. The molecule has 0 bridgehead atoms. The van der Waals surface area contributed by atoms with E-state index in [2.05, 4.69) is 111 Å². The van der Waals surface area contributed by atoms with Crippen LogP contribution in [-0.4, -0.2) is 10.2 Å². The molecule has 226 valence electrons. The Morgan fingerprint density at radius 2 is 0.809 bits per heavy atom. The lowest BCUT2D eigenvalue weighted by atomic mass is 9.98. The van der Waals surface area contributed by atoms with Crippen LogP contribution in [0.4, 0.5) is 0 Å². The number of rotatable bonds is 4. The molecular formula is C42H30N2O3. The summed E-state index contributed by atoms with van der Waals surface area (Å²) >= 11 is 0. The van der Waals surface area contributed by atoms with Gasteiger partial charge in [-0.1, -0.05) is 47.5 Å². The number of aryl methyl sites for hydroxylation is 4. The average Bonchev–Trinajstić information content (AvgIpc) is 3.80. The van der Waals surface area contributed by atoms with Gasteiger partial charge >= 0.3 is 0 Å². The number of benzene rings is 6. The van der Waals surface area contributed by atoms with Crippen molar-refractivity contribution >= 4 is 43.9 Å². The minimum atomic E-state index is 0.460. The molecule has 3 aromatic heterocycles. The Morgan fingerprint density at radius 1 is 0.383 bits per heavy atom. The maximum absolute atomic E-state index is 6.40. The molecule has 0 atom stereocenters. The highest BCUT2D eigenvalue weighted by Crippen LogP contribution is 2.40. The van der Waals surface area contributed by atoms with Crippen LogP contribution < -0.4 is 0 Å². The first-order chi connectivity index (χ1) is 22.9. The van der Waals surface area contributed by atoms with Crippen molar-refractivity contribution in [3.8, 4) is 45.2 Å². The Balaban J connectivity index is 1.10. The first kappa shape index (κ1) is 27.4. The SMILES string of the molecule is Cc1ccc2oc3c(-c4cccc(-c5nnc(-c6cccc(-c7cc(C)cc8c7oc7ccc(C)cc78)c6)o5)c4)cc(C)cc3c2c1. The molecule has 3 heterocycles. The third kappa shape index (κ3) is 4.54. The average molecular weight is 611 g/mol. The van der Waals surface area contributed by atoms with E-state index in [4.69, 9.17) is 13.3 Å². The fourth-order valence-electron chi connectivity index (χ4n) is 6.80. The minimum Gasteiger partial charge on any atom is -0.455 e. The van der Waals surface area contributed by atoms with Crippen molar-refractivity contribution in [1.29, 1.82) is 0 Å². The van der Waals surface area contributed by atoms with Crippen molar-refractivity contribution in [3.63, 3.8) is 0 Å². The number of aromatic nitrogens is 2. The molecule has 0 saturated carbocycles.